The maximum absolute atomic E-state index is 11.4. The van der Waals surface area contributed by atoms with E-state index < -0.39 is 0 Å². The standard InChI is InChI=1S/C12H17ClN4O2/c13-5-3-11-15-16-12(19-11)17-6-4-9-8(7-17)1-2-10(18)14-9/h8-9H,1-7H2,(H,14,18). The van der Waals surface area contributed by atoms with E-state index in [0.29, 0.717) is 42.6 Å². The summed E-state index contributed by atoms with van der Waals surface area (Å²) in [4.78, 5) is 13.5. The second-order valence-corrected chi connectivity index (χ2v) is 5.50. The number of hydrogen-bond acceptors (Lipinski definition) is 5. The quantitative estimate of drug-likeness (QED) is 0.837. The molecule has 0 aliphatic carbocycles. The van der Waals surface area contributed by atoms with Crippen LogP contribution in [0.4, 0.5) is 6.01 Å². The molecule has 2 fully saturated rings. The molecule has 6 nitrogen and oxygen atoms in total. The summed E-state index contributed by atoms with van der Waals surface area (Å²) in [6.45, 7) is 1.71. The van der Waals surface area contributed by atoms with Gasteiger partial charge in [0.1, 0.15) is 0 Å². The van der Waals surface area contributed by atoms with Crippen LogP contribution in [-0.4, -0.2) is 41.1 Å². The van der Waals surface area contributed by atoms with Crippen molar-refractivity contribution in [3.05, 3.63) is 5.89 Å². The molecule has 1 aromatic heterocycles. The van der Waals surface area contributed by atoms with Crippen LogP contribution in [0.25, 0.3) is 0 Å². The SMILES string of the molecule is O=C1CCC2CN(c3nnc(CCCl)o3)CCC2N1. The summed E-state index contributed by atoms with van der Waals surface area (Å²) in [5.74, 6) is 1.73. The van der Waals surface area contributed by atoms with Gasteiger partial charge < -0.3 is 14.6 Å². The van der Waals surface area contributed by atoms with Gasteiger partial charge in [-0.1, -0.05) is 5.10 Å². The van der Waals surface area contributed by atoms with Crippen molar-refractivity contribution in [3.63, 3.8) is 0 Å². The van der Waals surface area contributed by atoms with Crippen LogP contribution >= 0.6 is 11.6 Å². The highest BCUT2D eigenvalue weighted by Gasteiger charge is 2.35. The second kappa shape index (κ2) is 5.36. The molecule has 2 aliphatic heterocycles. The lowest BCUT2D eigenvalue weighted by Crippen LogP contribution is -2.54. The maximum Gasteiger partial charge on any atom is 0.318 e. The van der Waals surface area contributed by atoms with E-state index in [9.17, 15) is 4.79 Å². The first-order chi connectivity index (χ1) is 9.26. The number of anilines is 1. The van der Waals surface area contributed by atoms with Crippen LogP contribution in [0, 0.1) is 5.92 Å². The highest BCUT2D eigenvalue weighted by atomic mass is 35.5. The normalized spacial score (nSPS) is 27.0. The van der Waals surface area contributed by atoms with Crippen LogP contribution in [0.5, 0.6) is 0 Å². The number of aryl methyl sites for hydroxylation is 1. The average molecular weight is 285 g/mol. The lowest BCUT2D eigenvalue weighted by molar-refractivity contribution is -0.124. The van der Waals surface area contributed by atoms with Gasteiger partial charge in [0, 0.05) is 37.9 Å². The summed E-state index contributed by atoms with van der Waals surface area (Å²) in [6, 6.07) is 0.887. The minimum absolute atomic E-state index is 0.178. The number of alkyl halides is 1. The van der Waals surface area contributed by atoms with Crippen molar-refractivity contribution in [2.45, 2.75) is 31.7 Å². The first kappa shape index (κ1) is 12.7. The third-order valence-electron chi connectivity index (χ3n) is 3.86. The van der Waals surface area contributed by atoms with Gasteiger partial charge in [-0.3, -0.25) is 4.79 Å². The molecule has 0 spiro atoms. The van der Waals surface area contributed by atoms with Crippen LogP contribution < -0.4 is 10.2 Å². The number of nitrogens with one attached hydrogen (secondary N) is 1. The monoisotopic (exact) mass is 284 g/mol. The number of halogens is 1. The van der Waals surface area contributed by atoms with Gasteiger partial charge in [-0.2, -0.15) is 0 Å². The topological polar surface area (TPSA) is 71.3 Å². The minimum atomic E-state index is 0.178. The Morgan fingerprint density at radius 1 is 1.42 bits per heavy atom. The van der Waals surface area contributed by atoms with Gasteiger partial charge in [0.15, 0.2) is 0 Å². The highest BCUT2D eigenvalue weighted by molar-refractivity contribution is 6.17. The molecule has 19 heavy (non-hydrogen) atoms. The summed E-state index contributed by atoms with van der Waals surface area (Å²) in [5, 5.41) is 11.1. The number of fused-ring (bicyclic) bond motifs is 1. The summed E-state index contributed by atoms with van der Waals surface area (Å²) >= 11 is 5.65. The number of carbonyl (C=O) groups excluding carboxylic acids is 1. The highest BCUT2D eigenvalue weighted by Crippen LogP contribution is 2.28. The first-order valence-corrected chi connectivity index (χ1v) is 7.22. The Morgan fingerprint density at radius 3 is 3.16 bits per heavy atom. The number of hydrogen-bond donors (Lipinski definition) is 1. The average Bonchev–Trinajstić information content (AvgIpc) is 2.87. The molecule has 2 unspecified atom stereocenters. The molecule has 0 radical (unpaired) electrons. The van der Waals surface area contributed by atoms with Crippen molar-refractivity contribution in [2.24, 2.45) is 5.92 Å². The third kappa shape index (κ3) is 2.68. The fourth-order valence-electron chi connectivity index (χ4n) is 2.84. The van der Waals surface area contributed by atoms with E-state index in [1.54, 1.807) is 0 Å². The Hall–Kier alpha value is -1.30. The Bertz CT molecular complexity index is 464. The first-order valence-electron chi connectivity index (χ1n) is 6.69. The number of piperidine rings is 2. The molecule has 1 N–H and O–H groups in total. The molecule has 0 aromatic carbocycles. The Kier molecular flexibility index (Phi) is 3.59. The fourth-order valence-corrected chi connectivity index (χ4v) is 3.00. The molecule has 7 heteroatoms. The van der Waals surface area contributed by atoms with Crippen LogP contribution in [0.1, 0.15) is 25.2 Å². The van der Waals surface area contributed by atoms with Gasteiger partial charge in [0.25, 0.3) is 0 Å². The summed E-state index contributed by atoms with van der Waals surface area (Å²) < 4.78 is 5.60. The zero-order valence-corrected chi connectivity index (χ0v) is 11.4. The number of carbonyl (C=O) groups is 1. The van der Waals surface area contributed by atoms with Gasteiger partial charge >= 0.3 is 6.01 Å². The second-order valence-electron chi connectivity index (χ2n) is 5.12. The summed E-state index contributed by atoms with van der Waals surface area (Å²) in [5.41, 5.74) is 0. The van der Waals surface area contributed by atoms with Gasteiger partial charge in [-0.15, -0.1) is 16.7 Å². The molecule has 104 valence electrons. The lowest BCUT2D eigenvalue weighted by Gasteiger charge is -2.40. The van der Waals surface area contributed by atoms with Crippen molar-refractivity contribution in [1.82, 2.24) is 15.5 Å². The number of amides is 1. The van der Waals surface area contributed by atoms with E-state index >= 15 is 0 Å². The maximum atomic E-state index is 11.4. The number of rotatable bonds is 3. The zero-order valence-electron chi connectivity index (χ0n) is 10.6. The Morgan fingerprint density at radius 2 is 2.32 bits per heavy atom. The number of nitrogens with zero attached hydrogens (tertiary/aromatic N) is 3. The van der Waals surface area contributed by atoms with Crippen molar-refractivity contribution >= 4 is 23.5 Å². The van der Waals surface area contributed by atoms with Gasteiger partial charge in [-0.05, 0) is 18.8 Å². The molecule has 2 atom stereocenters. The predicted octanol–water partition coefficient (Wildman–Crippen LogP) is 0.956. The molecule has 0 bridgehead atoms. The van der Waals surface area contributed by atoms with Crippen LogP contribution in [-0.2, 0) is 11.2 Å². The van der Waals surface area contributed by atoms with Crippen molar-refractivity contribution in [3.8, 4) is 0 Å². The zero-order chi connectivity index (χ0) is 13.2. The predicted molar refractivity (Wildman–Crippen MR) is 70.2 cm³/mol. The number of aromatic nitrogens is 2. The Labute approximate surface area is 116 Å². The van der Waals surface area contributed by atoms with Gasteiger partial charge in [0.05, 0.1) is 0 Å². The van der Waals surface area contributed by atoms with E-state index in [-0.39, 0.29) is 5.91 Å². The van der Waals surface area contributed by atoms with Crippen LogP contribution in [0.15, 0.2) is 4.42 Å². The molecular weight excluding hydrogens is 268 g/mol. The van der Waals surface area contributed by atoms with Crippen molar-refractivity contribution < 1.29 is 9.21 Å². The lowest BCUT2D eigenvalue weighted by atomic mass is 9.85. The third-order valence-corrected chi connectivity index (χ3v) is 4.05. The van der Waals surface area contributed by atoms with Crippen LogP contribution in [0.3, 0.4) is 0 Å². The van der Waals surface area contributed by atoms with Gasteiger partial charge in [-0.25, -0.2) is 0 Å². The molecule has 1 amide bonds. The van der Waals surface area contributed by atoms with Gasteiger partial charge in [0.2, 0.25) is 11.8 Å². The molecule has 3 heterocycles. The van der Waals surface area contributed by atoms with E-state index in [4.69, 9.17) is 16.0 Å². The molecule has 0 saturated carbocycles. The molecule has 2 saturated heterocycles. The molecule has 2 aliphatic rings. The van der Waals surface area contributed by atoms with Crippen LogP contribution in [0.2, 0.25) is 0 Å². The molecular formula is C12H17ClN4O2. The Balaban J connectivity index is 1.65. The van der Waals surface area contributed by atoms with Crippen molar-refractivity contribution in [1.29, 1.82) is 0 Å². The molecule has 1 aromatic rings. The fraction of sp³-hybridized carbons (Fsp3) is 0.750. The van der Waals surface area contributed by atoms with E-state index in [1.807, 2.05) is 0 Å². The van der Waals surface area contributed by atoms with E-state index in [2.05, 4.69) is 20.4 Å². The van der Waals surface area contributed by atoms with E-state index in [0.717, 1.165) is 25.9 Å². The van der Waals surface area contributed by atoms with E-state index in [1.165, 1.54) is 0 Å². The minimum Gasteiger partial charge on any atom is -0.408 e. The van der Waals surface area contributed by atoms with Crippen molar-refractivity contribution in [2.75, 3.05) is 23.9 Å². The smallest absolute Gasteiger partial charge is 0.318 e. The summed E-state index contributed by atoms with van der Waals surface area (Å²) in [6.07, 6.45) is 3.10. The summed E-state index contributed by atoms with van der Waals surface area (Å²) in [7, 11) is 0. The largest absolute Gasteiger partial charge is 0.408 e. The molecule has 3 rings (SSSR count).